The first-order valence-electron chi connectivity index (χ1n) is 6.10. The van der Waals surface area contributed by atoms with E-state index in [2.05, 4.69) is 19.9 Å². The van der Waals surface area contributed by atoms with Gasteiger partial charge >= 0.3 is 0 Å². The van der Waals surface area contributed by atoms with Crippen molar-refractivity contribution in [2.75, 3.05) is 19.0 Å². The molecular weight excluding hydrogens is 238 g/mol. The van der Waals surface area contributed by atoms with Crippen molar-refractivity contribution in [2.45, 2.75) is 6.92 Å². The van der Waals surface area contributed by atoms with Gasteiger partial charge in [0.2, 0.25) is 0 Å². The second-order valence-corrected chi connectivity index (χ2v) is 4.71. The summed E-state index contributed by atoms with van der Waals surface area (Å²) in [5.41, 5.74) is 3.62. The summed E-state index contributed by atoms with van der Waals surface area (Å²) in [5.74, 6) is 1.69. The molecule has 3 aromatic rings. The highest BCUT2D eigenvalue weighted by molar-refractivity contribution is 5.77. The number of anilines is 1. The molecule has 0 aliphatic rings. The van der Waals surface area contributed by atoms with Crippen LogP contribution in [-0.4, -0.2) is 34.0 Å². The van der Waals surface area contributed by atoms with Crippen molar-refractivity contribution in [3.8, 4) is 11.4 Å². The zero-order valence-corrected chi connectivity index (χ0v) is 11.2. The first-order chi connectivity index (χ1) is 9.13. The molecular formula is C14H15N5. The van der Waals surface area contributed by atoms with Gasteiger partial charge in [-0.3, -0.25) is 4.98 Å². The summed E-state index contributed by atoms with van der Waals surface area (Å²) < 4.78 is 0. The highest BCUT2D eigenvalue weighted by Crippen LogP contribution is 2.20. The molecule has 96 valence electrons. The van der Waals surface area contributed by atoms with Crippen molar-refractivity contribution in [1.29, 1.82) is 0 Å². The molecule has 0 bridgehead atoms. The topological polar surface area (TPSA) is 57.7 Å². The van der Waals surface area contributed by atoms with E-state index in [0.29, 0.717) is 0 Å². The van der Waals surface area contributed by atoms with Gasteiger partial charge in [-0.25, -0.2) is 9.97 Å². The fraction of sp³-hybridized carbons (Fsp3) is 0.214. The van der Waals surface area contributed by atoms with E-state index in [0.717, 1.165) is 34.1 Å². The highest BCUT2D eigenvalue weighted by atomic mass is 15.1. The third-order valence-electron chi connectivity index (χ3n) is 2.97. The van der Waals surface area contributed by atoms with E-state index in [4.69, 9.17) is 0 Å². The Bertz CT molecular complexity index is 712. The Morgan fingerprint density at radius 3 is 2.58 bits per heavy atom. The first kappa shape index (κ1) is 11.6. The van der Waals surface area contributed by atoms with E-state index in [-0.39, 0.29) is 0 Å². The number of imidazole rings is 1. The molecule has 0 saturated heterocycles. The number of hydrogen-bond donors (Lipinski definition) is 1. The Kier molecular flexibility index (Phi) is 2.67. The Morgan fingerprint density at radius 2 is 1.89 bits per heavy atom. The molecule has 5 nitrogen and oxygen atoms in total. The quantitative estimate of drug-likeness (QED) is 0.762. The van der Waals surface area contributed by atoms with Crippen LogP contribution in [0.25, 0.3) is 22.6 Å². The Hall–Kier alpha value is -2.43. The average Bonchev–Trinajstić information content (AvgIpc) is 2.82. The fourth-order valence-electron chi connectivity index (χ4n) is 1.88. The van der Waals surface area contributed by atoms with Crippen molar-refractivity contribution in [1.82, 2.24) is 19.9 Å². The van der Waals surface area contributed by atoms with Crippen LogP contribution in [0.3, 0.4) is 0 Å². The lowest BCUT2D eigenvalue weighted by Crippen LogP contribution is -2.10. The zero-order chi connectivity index (χ0) is 13.4. The minimum absolute atomic E-state index is 0.724. The van der Waals surface area contributed by atoms with Crippen molar-refractivity contribution in [3.63, 3.8) is 0 Å². The van der Waals surface area contributed by atoms with Gasteiger partial charge in [-0.15, -0.1) is 0 Å². The van der Waals surface area contributed by atoms with E-state index >= 15 is 0 Å². The lowest BCUT2D eigenvalue weighted by atomic mass is 10.2. The smallest absolute Gasteiger partial charge is 0.180 e. The summed E-state index contributed by atoms with van der Waals surface area (Å²) >= 11 is 0. The van der Waals surface area contributed by atoms with Crippen LogP contribution in [0.15, 0.2) is 30.5 Å². The van der Waals surface area contributed by atoms with Gasteiger partial charge in [-0.1, -0.05) is 0 Å². The number of aryl methyl sites for hydroxylation is 1. The van der Waals surface area contributed by atoms with Crippen LogP contribution in [-0.2, 0) is 0 Å². The Labute approximate surface area is 111 Å². The van der Waals surface area contributed by atoms with Gasteiger partial charge in [0, 0.05) is 31.5 Å². The first-order valence-corrected chi connectivity index (χ1v) is 6.10. The van der Waals surface area contributed by atoms with Crippen LogP contribution >= 0.6 is 0 Å². The molecule has 19 heavy (non-hydrogen) atoms. The van der Waals surface area contributed by atoms with Crippen molar-refractivity contribution in [2.24, 2.45) is 0 Å². The third kappa shape index (κ3) is 2.14. The van der Waals surface area contributed by atoms with Crippen LogP contribution in [0, 0.1) is 6.92 Å². The molecule has 0 fully saturated rings. The van der Waals surface area contributed by atoms with E-state index in [1.54, 1.807) is 0 Å². The molecule has 0 atom stereocenters. The minimum atomic E-state index is 0.724. The molecule has 3 aromatic heterocycles. The van der Waals surface area contributed by atoms with Crippen LogP contribution in [0.2, 0.25) is 0 Å². The standard InChI is InChI=1S/C14H15N5/c1-9-4-5-10(8-15-9)13-16-11-6-7-12(19(2)3)17-14(11)18-13/h4-8H,1-3H3,(H,16,17,18). The summed E-state index contributed by atoms with van der Waals surface area (Å²) in [7, 11) is 3.93. The average molecular weight is 253 g/mol. The maximum Gasteiger partial charge on any atom is 0.180 e. The van der Waals surface area contributed by atoms with Gasteiger partial charge in [0.1, 0.15) is 11.6 Å². The van der Waals surface area contributed by atoms with E-state index < -0.39 is 0 Å². The van der Waals surface area contributed by atoms with Gasteiger partial charge in [0.15, 0.2) is 5.65 Å². The number of fused-ring (bicyclic) bond motifs is 1. The molecule has 0 amide bonds. The lowest BCUT2D eigenvalue weighted by Gasteiger charge is -2.09. The largest absolute Gasteiger partial charge is 0.363 e. The predicted molar refractivity (Wildman–Crippen MR) is 76.2 cm³/mol. The van der Waals surface area contributed by atoms with Gasteiger partial charge in [0.05, 0.1) is 5.52 Å². The summed E-state index contributed by atoms with van der Waals surface area (Å²) in [6.07, 6.45) is 1.82. The minimum Gasteiger partial charge on any atom is -0.363 e. The second kappa shape index (κ2) is 4.35. The molecule has 5 heteroatoms. The molecule has 0 saturated carbocycles. The van der Waals surface area contributed by atoms with Crippen LogP contribution in [0.1, 0.15) is 5.69 Å². The molecule has 0 aliphatic heterocycles. The summed E-state index contributed by atoms with van der Waals surface area (Å²) in [4.78, 5) is 18.5. The van der Waals surface area contributed by atoms with Crippen LogP contribution in [0.5, 0.6) is 0 Å². The Balaban J connectivity index is 2.08. The summed E-state index contributed by atoms with van der Waals surface area (Å²) in [5, 5.41) is 0. The molecule has 0 spiro atoms. The number of nitrogens with zero attached hydrogens (tertiary/aromatic N) is 4. The van der Waals surface area contributed by atoms with Crippen LogP contribution < -0.4 is 4.90 Å². The number of nitrogens with one attached hydrogen (secondary N) is 1. The van der Waals surface area contributed by atoms with Gasteiger partial charge < -0.3 is 9.88 Å². The fourth-order valence-corrected chi connectivity index (χ4v) is 1.88. The maximum absolute atomic E-state index is 4.52. The number of hydrogen-bond acceptors (Lipinski definition) is 4. The predicted octanol–water partition coefficient (Wildman–Crippen LogP) is 2.39. The van der Waals surface area contributed by atoms with E-state index in [1.165, 1.54) is 0 Å². The number of H-pyrrole nitrogens is 1. The Morgan fingerprint density at radius 1 is 1.05 bits per heavy atom. The van der Waals surface area contributed by atoms with Crippen molar-refractivity contribution >= 4 is 17.0 Å². The summed E-state index contributed by atoms with van der Waals surface area (Å²) in [6, 6.07) is 7.95. The molecule has 3 rings (SSSR count). The molecule has 0 aliphatic carbocycles. The number of aromatic nitrogens is 4. The molecule has 3 heterocycles. The van der Waals surface area contributed by atoms with Crippen LogP contribution in [0.4, 0.5) is 5.82 Å². The van der Waals surface area contributed by atoms with E-state index in [9.17, 15) is 0 Å². The van der Waals surface area contributed by atoms with Gasteiger partial charge in [-0.05, 0) is 31.2 Å². The number of rotatable bonds is 2. The third-order valence-corrected chi connectivity index (χ3v) is 2.97. The lowest BCUT2D eigenvalue weighted by molar-refractivity contribution is 1.08. The van der Waals surface area contributed by atoms with Crippen molar-refractivity contribution < 1.29 is 0 Å². The van der Waals surface area contributed by atoms with Gasteiger partial charge in [-0.2, -0.15) is 0 Å². The summed E-state index contributed by atoms with van der Waals surface area (Å²) in [6.45, 7) is 1.97. The molecule has 1 N–H and O–H groups in total. The van der Waals surface area contributed by atoms with Gasteiger partial charge in [0.25, 0.3) is 0 Å². The SMILES string of the molecule is Cc1ccc(-c2nc3nc(N(C)C)ccc3[nH]2)cn1. The molecule has 0 radical (unpaired) electrons. The number of pyridine rings is 2. The number of aromatic amines is 1. The second-order valence-electron chi connectivity index (χ2n) is 4.71. The monoisotopic (exact) mass is 253 g/mol. The highest BCUT2D eigenvalue weighted by Gasteiger charge is 2.08. The van der Waals surface area contributed by atoms with Crippen molar-refractivity contribution in [3.05, 3.63) is 36.2 Å². The molecule has 0 aromatic carbocycles. The molecule has 0 unspecified atom stereocenters. The zero-order valence-electron chi connectivity index (χ0n) is 11.2. The normalized spacial score (nSPS) is 10.9. The van der Waals surface area contributed by atoms with E-state index in [1.807, 2.05) is 56.4 Å². The maximum atomic E-state index is 4.52.